The van der Waals surface area contributed by atoms with Gasteiger partial charge in [0.05, 0.1) is 0 Å². The molecule has 1 N–H and O–H groups in total. The van der Waals surface area contributed by atoms with Gasteiger partial charge in [-0.1, -0.05) is 44.2 Å². The Morgan fingerprint density at radius 1 is 1.15 bits per heavy atom. The summed E-state index contributed by atoms with van der Waals surface area (Å²) in [6, 6.07) is 6.83. The predicted octanol–water partition coefficient (Wildman–Crippen LogP) is 3.99. The number of carbonyl (C=O) groups is 1. The van der Waals surface area contributed by atoms with E-state index in [1.54, 1.807) is 6.07 Å². The van der Waals surface area contributed by atoms with Crippen molar-refractivity contribution >= 4 is 5.91 Å². The fourth-order valence-corrected chi connectivity index (χ4v) is 2.85. The van der Waals surface area contributed by atoms with Gasteiger partial charge in [0, 0.05) is 12.5 Å². The van der Waals surface area contributed by atoms with Crippen LogP contribution in [0.1, 0.15) is 56.9 Å². The Bertz CT molecular complexity index is 425. The van der Waals surface area contributed by atoms with Crippen molar-refractivity contribution in [1.82, 2.24) is 5.32 Å². The van der Waals surface area contributed by atoms with E-state index >= 15 is 0 Å². The largest absolute Gasteiger partial charge is 0.353 e. The van der Waals surface area contributed by atoms with Crippen molar-refractivity contribution in [3.05, 3.63) is 35.6 Å². The predicted molar refractivity (Wildman–Crippen MR) is 79.0 cm³/mol. The molecule has 1 aromatic carbocycles. The van der Waals surface area contributed by atoms with Crippen LogP contribution in [0.2, 0.25) is 0 Å². The number of nitrogens with one attached hydrogen (secondary N) is 1. The molecule has 1 aromatic rings. The molecule has 0 heterocycles. The second-order valence-electron chi connectivity index (χ2n) is 5.74. The lowest BCUT2D eigenvalue weighted by atomic mass is 9.96. The molecule has 1 aliphatic carbocycles. The Labute approximate surface area is 120 Å². The van der Waals surface area contributed by atoms with Crippen LogP contribution in [0, 0.1) is 5.82 Å². The summed E-state index contributed by atoms with van der Waals surface area (Å²) in [5, 5.41) is 3.14. The van der Waals surface area contributed by atoms with Gasteiger partial charge in [0.25, 0.3) is 0 Å². The first kappa shape index (κ1) is 15.0. The van der Waals surface area contributed by atoms with Crippen molar-refractivity contribution in [1.29, 1.82) is 0 Å². The fourth-order valence-electron chi connectivity index (χ4n) is 2.85. The number of hydrogen-bond donors (Lipinski definition) is 1. The number of carbonyl (C=O) groups excluding carboxylic acids is 1. The number of benzene rings is 1. The number of rotatable bonds is 4. The molecule has 2 rings (SSSR count). The zero-order valence-corrected chi connectivity index (χ0v) is 12.0. The van der Waals surface area contributed by atoms with Crippen LogP contribution < -0.4 is 5.32 Å². The lowest BCUT2D eigenvalue weighted by Crippen LogP contribution is -2.35. The summed E-state index contributed by atoms with van der Waals surface area (Å²) in [6.45, 7) is 0. The standard InChI is InChI=1S/C17H24FNO/c18-15-8-6-7-14(13-15)11-12-17(20)19-16-9-4-2-1-3-5-10-16/h6-8,13,16H,1-5,9-12H2,(H,19,20). The van der Waals surface area contributed by atoms with Crippen LogP contribution in [0.15, 0.2) is 24.3 Å². The van der Waals surface area contributed by atoms with Crippen LogP contribution in [-0.2, 0) is 11.2 Å². The van der Waals surface area contributed by atoms with Gasteiger partial charge in [0.1, 0.15) is 5.82 Å². The summed E-state index contributed by atoms with van der Waals surface area (Å²) in [4.78, 5) is 12.0. The average Bonchev–Trinajstić information content (AvgIpc) is 2.39. The summed E-state index contributed by atoms with van der Waals surface area (Å²) < 4.78 is 13.0. The summed E-state index contributed by atoms with van der Waals surface area (Å²) >= 11 is 0. The van der Waals surface area contributed by atoms with Crippen LogP contribution in [0.5, 0.6) is 0 Å². The van der Waals surface area contributed by atoms with Gasteiger partial charge in [0.2, 0.25) is 5.91 Å². The second kappa shape index (κ2) is 8.03. The Hall–Kier alpha value is -1.38. The van der Waals surface area contributed by atoms with Crippen molar-refractivity contribution in [2.45, 2.75) is 63.8 Å². The third-order valence-corrected chi connectivity index (χ3v) is 4.00. The molecular weight excluding hydrogens is 253 g/mol. The van der Waals surface area contributed by atoms with E-state index in [-0.39, 0.29) is 11.7 Å². The molecule has 0 atom stereocenters. The quantitative estimate of drug-likeness (QED) is 0.886. The zero-order valence-electron chi connectivity index (χ0n) is 12.0. The van der Waals surface area contributed by atoms with E-state index < -0.39 is 0 Å². The highest BCUT2D eigenvalue weighted by molar-refractivity contribution is 5.76. The van der Waals surface area contributed by atoms with Crippen LogP contribution in [0.3, 0.4) is 0 Å². The van der Waals surface area contributed by atoms with Gasteiger partial charge >= 0.3 is 0 Å². The SMILES string of the molecule is O=C(CCc1cccc(F)c1)NC1CCCCCCC1. The molecule has 2 nitrogen and oxygen atoms in total. The molecule has 3 heteroatoms. The summed E-state index contributed by atoms with van der Waals surface area (Å²) in [5.74, 6) is -0.136. The molecule has 1 fully saturated rings. The average molecular weight is 277 g/mol. The maximum absolute atomic E-state index is 13.0. The summed E-state index contributed by atoms with van der Waals surface area (Å²) in [7, 11) is 0. The fraction of sp³-hybridized carbons (Fsp3) is 0.588. The Morgan fingerprint density at radius 2 is 1.85 bits per heavy atom. The smallest absolute Gasteiger partial charge is 0.220 e. The molecule has 1 saturated carbocycles. The monoisotopic (exact) mass is 277 g/mol. The van der Waals surface area contributed by atoms with Crippen LogP contribution in [-0.4, -0.2) is 11.9 Å². The van der Waals surface area contributed by atoms with E-state index in [4.69, 9.17) is 0 Å². The van der Waals surface area contributed by atoms with Crippen molar-refractivity contribution in [3.63, 3.8) is 0 Å². The molecule has 0 radical (unpaired) electrons. The normalized spacial score (nSPS) is 17.2. The Kier molecular flexibility index (Phi) is 6.03. The molecule has 1 amide bonds. The first-order chi connectivity index (χ1) is 9.74. The Balaban J connectivity index is 1.74. The van der Waals surface area contributed by atoms with Gasteiger partial charge in [0.15, 0.2) is 0 Å². The summed E-state index contributed by atoms with van der Waals surface area (Å²) in [6.07, 6.45) is 9.60. The van der Waals surface area contributed by atoms with E-state index in [0.717, 1.165) is 18.4 Å². The molecule has 0 unspecified atom stereocenters. The molecular formula is C17H24FNO. The molecule has 0 aliphatic heterocycles. The molecule has 110 valence electrons. The molecule has 0 aromatic heterocycles. The number of halogens is 1. The van der Waals surface area contributed by atoms with Gasteiger partial charge in [-0.25, -0.2) is 4.39 Å². The lowest BCUT2D eigenvalue weighted by molar-refractivity contribution is -0.121. The minimum atomic E-state index is -0.233. The van der Waals surface area contributed by atoms with Gasteiger partial charge in [-0.2, -0.15) is 0 Å². The van der Waals surface area contributed by atoms with Crippen LogP contribution in [0.4, 0.5) is 4.39 Å². The second-order valence-corrected chi connectivity index (χ2v) is 5.74. The van der Waals surface area contributed by atoms with Gasteiger partial charge in [-0.15, -0.1) is 0 Å². The molecule has 0 spiro atoms. The third kappa shape index (κ3) is 5.32. The maximum Gasteiger partial charge on any atom is 0.220 e. The Morgan fingerprint density at radius 3 is 2.55 bits per heavy atom. The minimum absolute atomic E-state index is 0.0971. The highest BCUT2D eigenvalue weighted by Crippen LogP contribution is 2.17. The zero-order chi connectivity index (χ0) is 14.2. The van der Waals surface area contributed by atoms with Gasteiger partial charge in [-0.05, 0) is 37.0 Å². The minimum Gasteiger partial charge on any atom is -0.353 e. The molecule has 0 saturated heterocycles. The first-order valence-corrected chi connectivity index (χ1v) is 7.78. The number of aryl methyl sites for hydroxylation is 1. The van der Waals surface area contributed by atoms with Crippen LogP contribution >= 0.6 is 0 Å². The summed E-state index contributed by atoms with van der Waals surface area (Å²) in [5.41, 5.74) is 0.887. The van der Waals surface area contributed by atoms with Crippen LogP contribution in [0.25, 0.3) is 0 Å². The number of hydrogen-bond acceptors (Lipinski definition) is 1. The van der Waals surface area contributed by atoms with E-state index in [1.807, 2.05) is 6.07 Å². The van der Waals surface area contributed by atoms with Gasteiger partial charge < -0.3 is 5.32 Å². The van der Waals surface area contributed by atoms with E-state index in [0.29, 0.717) is 18.9 Å². The molecule has 1 aliphatic rings. The van der Waals surface area contributed by atoms with Gasteiger partial charge in [-0.3, -0.25) is 4.79 Å². The van der Waals surface area contributed by atoms with Crippen molar-refractivity contribution in [2.24, 2.45) is 0 Å². The van der Waals surface area contributed by atoms with E-state index in [9.17, 15) is 9.18 Å². The van der Waals surface area contributed by atoms with Crippen molar-refractivity contribution in [3.8, 4) is 0 Å². The lowest BCUT2D eigenvalue weighted by Gasteiger charge is -2.21. The van der Waals surface area contributed by atoms with Crippen molar-refractivity contribution in [2.75, 3.05) is 0 Å². The van der Waals surface area contributed by atoms with Crippen molar-refractivity contribution < 1.29 is 9.18 Å². The highest BCUT2D eigenvalue weighted by Gasteiger charge is 2.13. The maximum atomic E-state index is 13.0. The molecule has 20 heavy (non-hydrogen) atoms. The first-order valence-electron chi connectivity index (χ1n) is 7.78. The van der Waals surface area contributed by atoms with E-state index in [2.05, 4.69) is 5.32 Å². The van der Waals surface area contributed by atoms with E-state index in [1.165, 1.54) is 44.2 Å². The number of amides is 1. The topological polar surface area (TPSA) is 29.1 Å². The molecule has 0 bridgehead atoms. The highest BCUT2D eigenvalue weighted by atomic mass is 19.1. The third-order valence-electron chi connectivity index (χ3n) is 4.00.